The van der Waals surface area contributed by atoms with Gasteiger partial charge in [0.1, 0.15) is 0 Å². The first-order valence-electron chi connectivity index (χ1n) is 6.64. The van der Waals surface area contributed by atoms with Crippen LogP contribution >= 0.6 is 0 Å². The number of rotatable bonds is 5. The smallest absolute Gasteiger partial charge is 0.165 e. The van der Waals surface area contributed by atoms with Gasteiger partial charge in [0.25, 0.3) is 0 Å². The lowest BCUT2D eigenvalue weighted by Gasteiger charge is -2.36. The van der Waals surface area contributed by atoms with Crippen molar-refractivity contribution in [3.63, 3.8) is 0 Å². The van der Waals surface area contributed by atoms with E-state index < -0.39 is 5.79 Å². The molecule has 0 saturated heterocycles. The number of hydrogen-bond acceptors (Lipinski definition) is 2. The Morgan fingerprint density at radius 1 is 1.24 bits per heavy atom. The summed E-state index contributed by atoms with van der Waals surface area (Å²) >= 11 is 0. The Morgan fingerprint density at radius 2 is 1.82 bits per heavy atom. The van der Waals surface area contributed by atoms with Crippen LogP contribution in [0.15, 0.2) is 11.1 Å². The van der Waals surface area contributed by atoms with Crippen molar-refractivity contribution >= 4 is 0 Å². The molecule has 17 heavy (non-hydrogen) atoms. The van der Waals surface area contributed by atoms with Gasteiger partial charge >= 0.3 is 0 Å². The molecule has 0 radical (unpaired) electrons. The summed E-state index contributed by atoms with van der Waals surface area (Å²) in [5.41, 5.74) is 3.55. The van der Waals surface area contributed by atoms with Crippen molar-refractivity contribution in [3.05, 3.63) is 11.1 Å². The van der Waals surface area contributed by atoms with E-state index in [4.69, 9.17) is 9.47 Å². The van der Waals surface area contributed by atoms with Crippen molar-refractivity contribution in [2.75, 3.05) is 14.2 Å². The minimum Gasteiger partial charge on any atom is -0.353 e. The molecule has 0 unspecified atom stereocenters. The van der Waals surface area contributed by atoms with Gasteiger partial charge in [-0.1, -0.05) is 25.0 Å². The van der Waals surface area contributed by atoms with Gasteiger partial charge in [-0.05, 0) is 44.9 Å². The van der Waals surface area contributed by atoms with Gasteiger partial charge < -0.3 is 9.47 Å². The van der Waals surface area contributed by atoms with Gasteiger partial charge in [-0.3, -0.25) is 0 Å². The molecule has 1 aliphatic rings. The fourth-order valence-electron chi connectivity index (χ4n) is 2.87. The fourth-order valence-corrected chi connectivity index (χ4v) is 2.87. The van der Waals surface area contributed by atoms with E-state index in [1.807, 2.05) is 6.92 Å². The molecule has 0 aliphatic heterocycles. The Morgan fingerprint density at radius 3 is 2.29 bits per heavy atom. The van der Waals surface area contributed by atoms with Crippen LogP contribution in [0.1, 0.15) is 59.8 Å². The largest absolute Gasteiger partial charge is 0.353 e. The standard InChI is InChI=1S/C15H28O2/c1-12-8-7-10-14(2,3)13(12)9-11-15(4,16-5)17-6/h7-11H2,1-6H3. The first kappa shape index (κ1) is 14.7. The van der Waals surface area contributed by atoms with Crippen molar-refractivity contribution in [2.24, 2.45) is 5.41 Å². The second kappa shape index (κ2) is 5.53. The van der Waals surface area contributed by atoms with E-state index in [0.29, 0.717) is 5.41 Å². The van der Waals surface area contributed by atoms with Gasteiger partial charge in [0.2, 0.25) is 0 Å². The van der Waals surface area contributed by atoms with Crippen molar-refractivity contribution in [1.29, 1.82) is 0 Å². The van der Waals surface area contributed by atoms with E-state index in [1.54, 1.807) is 25.4 Å². The minimum atomic E-state index is -0.444. The summed E-state index contributed by atoms with van der Waals surface area (Å²) in [4.78, 5) is 0. The summed E-state index contributed by atoms with van der Waals surface area (Å²) in [6.07, 6.45) is 5.90. The summed E-state index contributed by atoms with van der Waals surface area (Å²) in [5.74, 6) is -0.444. The first-order chi connectivity index (χ1) is 7.84. The number of hydrogen-bond donors (Lipinski definition) is 0. The maximum Gasteiger partial charge on any atom is 0.165 e. The lowest BCUT2D eigenvalue weighted by molar-refractivity contribution is -0.197. The van der Waals surface area contributed by atoms with Crippen molar-refractivity contribution in [3.8, 4) is 0 Å². The SMILES string of the molecule is COC(C)(CCC1=C(C)CCCC1(C)C)OC. The third-order valence-corrected chi connectivity index (χ3v) is 4.38. The van der Waals surface area contributed by atoms with Crippen LogP contribution in [0.5, 0.6) is 0 Å². The van der Waals surface area contributed by atoms with E-state index in [1.165, 1.54) is 19.3 Å². The Labute approximate surface area is 106 Å². The molecule has 0 N–H and O–H groups in total. The van der Waals surface area contributed by atoms with Crippen LogP contribution in [-0.2, 0) is 9.47 Å². The molecular weight excluding hydrogens is 212 g/mol. The fraction of sp³-hybridized carbons (Fsp3) is 0.867. The molecule has 2 heteroatoms. The lowest BCUT2D eigenvalue weighted by atomic mass is 9.71. The van der Waals surface area contributed by atoms with Crippen molar-refractivity contribution in [1.82, 2.24) is 0 Å². The molecule has 0 spiro atoms. The lowest BCUT2D eigenvalue weighted by Crippen LogP contribution is -2.31. The Balaban J connectivity index is 2.73. The van der Waals surface area contributed by atoms with Gasteiger partial charge in [0, 0.05) is 20.6 Å². The minimum absolute atomic E-state index is 0.352. The molecule has 0 heterocycles. The highest BCUT2D eigenvalue weighted by atomic mass is 16.7. The van der Waals surface area contributed by atoms with Crippen LogP contribution in [0.3, 0.4) is 0 Å². The van der Waals surface area contributed by atoms with Gasteiger partial charge in [0.15, 0.2) is 5.79 Å². The Kier molecular flexibility index (Phi) is 4.79. The number of ether oxygens (including phenoxy) is 2. The van der Waals surface area contributed by atoms with Gasteiger partial charge in [-0.25, -0.2) is 0 Å². The molecule has 0 saturated carbocycles. The number of allylic oxidation sites excluding steroid dienone is 2. The molecule has 0 bridgehead atoms. The zero-order chi connectivity index (χ0) is 13.1. The van der Waals surface area contributed by atoms with E-state index in [2.05, 4.69) is 20.8 Å². The maximum absolute atomic E-state index is 5.44. The molecule has 100 valence electrons. The molecule has 2 nitrogen and oxygen atoms in total. The molecule has 1 aliphatic carbocycles. The summed E-state index contributed by atoms with van der Waals surface area (Å²) in [6.45, 7) is 9.02. The van der Waals surface area contributed by atoms with E-state index >= 15 is 0 Å². The predicted molar refractivity (Wildman–Crippen MR) is 72.0 cm³/mol. The van der Waals surface area contributed by atoms with Crippen molar-refractivity contribution < 1.29 is 9.47 Å². The third kappa shape index (κ3) is 3.56. The van der Waals surface area contributed by atoms with Crippen LogP contribution in [0, 0.1) is 5.41 Å². The van der Waals surface area contributed by atoms with Crippen LogP contribution in [-0.4, -0.2) is 20.0 Å². The molecule has 0 fully saturated rings. The van der Waals surface area contributed by atoms with E-state index in [-0.39, 0.29) is 0 Å². The molecule has 0 aromatic heterocycles. The highest BCUT2D eigenvalue weighted by Gasteiger charge is 2.31. The zero-order valence-corrected chi connectivity index (χ0v) is 12.4. The highest BCUT2D eigenvalue weighted by Crippen LogP contribution is 2.43. The molecule has 0 atom stereocenters. The van der Waals surface area contributed by atoms with Gasteiger partial charge in [-0.15, -0.1) is 0 Å². The van der Waals surface area contributed by atoms with Crippen LogP contribution < -0.4 is 0 Å². The Bertz CT molecular complexity index is 285. The molecule has 1 rings (SSSR count). The molecule has 0 aromatic carbocycles. The topological polar surface area (TPSA) is 18.5 Å². The molecular formula is C15H28O2. The Hall–Kier alpha value is -0.340. The van der Waals surface area contributed by atoms with Crippen LogP contribution in [0.2, 0.25) is 0 Å². The molecule has 0 amide bonds. The van der Waals surface area contributed by atoms with E-state index in [0.717, 1.165) is 12.8 Å². The van der Waals surface area contributed by atoms with Gasteiger partial charge in [-0.2, -0.15) is 0 Å². The van der Waals surface area contributed by atoms with Crippen LogP contribution in [0.25, 0.3) is 0 Å². The summed E-state index contributed by atoms with van der Waals surface area (Å²) in [7, 11) is 3.44. The first-order valence-corrected chi connectivity index (χ1v) is 6.64. The highest BCUT2D eigenvalue weighted by molar-refractivity contribution is 5.22. The summed E-state index contributed by atoms with van der Waals surface area (Å²) in [5, 5.41) is 0. The monoisotopic (exact) mass is 240 g/mol. The maximum atomic E-state index is 5.44. The second-order valence-electron chi connectivity index (χ2n) is 6.04. The third-order valence-electron chi connectivity index (χ3n) is 4.38. The van der Waals surface area contributed by atoms with Gasteiger partial charge in [0.05, 0.1) is 0 Å². The van der Waals surface area contributed by atoms with Crippen LogP contribution in [0.4, 0.5) is 0 Å². The normalized spacial score (nSPS) is 20.8. The average Bonchev–Trinajstić information content (AvgIpc) is 2.27. The second-order valence-corrected chi connectivity index (χ2v) is 6.04. The predicted octanol–water partition coefficient (Wildman–Crippen LogP) is 4.30. The summed E-state index contributed by atoms with van der Waals surface area (Å²) < 4.78 is 10.9. The molecule has 0 aromatic rings. The summed E-state index contributed by atoms with van der Waals surface area (Å²) in [6, 6.07) is 0. The number of methoxy groups -OCH3 is 2. The van der Waals surface area contributed by atoms with Crippen molar-refractivity contribution in [2.45, 2.75) is 65.6 Å². The quantitative estimate of drug-likeness (QED) is 0.527. The average molecular weight is 240 g/mol. The van der Waals surface area contributed by atoms with E-state index in [9.17, 15) is 0 Å². The zero-order valence-electron chi connectivity index (χ0n) is 12.4.